The Kier molecular flexibility index (Phi) is 3.56. The van der Waals surface area contributed by atoms with Crippen LogP contribution in [-0.2, 0) is 4.79 Å². The lowest BCUT2D eigenvalue weighted by Gasteiger charge is -2.34. The fourth-order valence-electron chi connectivity index (χ4n) is 3.31. The second-order valence-corrected chi connectivity index (χ2v) is 5.65. The third-order valence-corrected chi connectivity index (χ3v) is 4.33. The van der Waals surface area contributed by atoms with Gasteiger partial charge in [-0.1, -0.05) is 31.6 Å². The van der Waals surface area contributed by atoms with Crippen molar-refractivity contribution in [2.45, 2.75) is 32.2 Å². The topological polar surface area (TPSA) is 32.3 Å². The normalized spacial score (nSPS) is 28.3. The Bertz CT molecular complexity index is 461. The summed E-state index contributed by atoms with van der Waals surface area (Å²) in [5.74, 6) is 0.777. The average molecular weight is 258 g/mol. The van der Waals surface area contributed by atoms with Gasteiger partial charge in [0.05, 0.1) is 6.04 Å². The molecule has 1 fully saturated rings. The van der Waals surface area contributed by atoms with Gasteiger partial charge in [-0.15, -0.1) is 0 Å². The highest BCUT2D eigenvalue weighted by Gasteiger charge is 2.41. The van der Waals surface area contributed by atoms with Crippen LogP contribution in [0.15, 0.2) is 35.5 Å². The SMILES string of the molecule is CCCCNCC1=CC2=CC=CC3CCN(C1=O)C23. The summed E-state index contributed by atoms with van der Waals surface area (Å²) in [5, 5.41) is 3.38. The second-order valence-electron chi connectivity index (χ2n) is 5.65. The Morgan fingerprint density at radius 1 is 1.47 bits per heavy atom. The third-order valence-electron chi connectivity index (χ3n) is 4.33. The van der Waals surface area contributed by atoms with Crippen molar-refractivity contribution in [3.8, 4) is 0 Å². The van der Waals surface area contributed by atoms with E-state index in [1.165, 1.54) is 18.4 Å². The lowest BCUT2D eigenvalue weighted by molar-refractivity contribution is -0.128. The van der Waals surface area contributed by atoms with Crippen LogP contribution < -0.4 is 5.32 Å². The van der Waals surface area contributed by atoms with Crippen molar-refractivity contribution >= 4 is 5.91 Å². The van der Waals surface area contributed by atoms with E-state index >= 15 is 0 Å². The van der Waals surface area contributed by atoms with Crippen molar-refractivity contribution in [3.05, 3.63) is 35.5 Å². The monoisotopic (exact) mass is 258 g/mol. The van der Waals surface area contributed by atoms with Gasteiger partial charge in [0.1, 0.15) is 0 Å². The molecule has 1 saturated heterocycles. The molecular formula is C16H22N2O. The summed E-state index contributed by atoms with van der Waals surface area (Å²) >= 11 is 0. The van der Waals surface area contributed by atoms with Crippen LogP contribution in [0.25, 0.3) is 0 Å². The molecule has 19 heavy (non-hydrogen) atoms. The van der Waals surface area contributed by atoms with Gasteiger partial charge < -0.3 is 10.2 Å². The van der Waals surface area contributed by atoms with Crippen LogP contribution in [0.5, 0.6) is 0 Å². The zero-order valence-electron chi connectivity index (χ0n) is 11.6. The maximum absolute atomic E-state index is 12.5. The number of nitrogens with zero attached hydrogens (tertiary/aromatic N) is 1. The van der Waals surface area contributed by atoms with E-state index in [4.69, 9.17) is 0 Å². The van der Waals surface area contributed by atoms with Crippen molar-refractivity contribution in [2.75, 3.05) is 19.6 Å². The molecule has 3 heteroatoms. The zero-order chi connectivity index (χ0) is 13.2. The molecule has 1 N–H and O–H groups in total. The molecule has 1 amide bonds. The Morgan fingerprint density at radius 2 is 2.37 bits per heavy atom. The molecule has 2 unspecified atom stereocenters. The fourth-order valence-corrected chi connectivity index (χ4v) is 3.31. The van der Waals surface area contributed by atoms with Crippen LogP contribution in [0.2, 0.25) is 0 Å². The molecule has 0 bridgehead atoms. The number of amides is 1. The maximum Gasteiger partial charge on any atom is 0.251 e. The molecule has 3 aliphatic rings. The van der Waals surface area contributed by atoms with E-state index in [1.807, 2.05) is 0 Å². The smallest absolute Gasteiger partial charge is 0.251 e. The predicted octanol–water partition coefficient (Wildman–Crippen LogP) is 2.03. The first kappa shape index (κ1) is 12.7. The van der Waals surface area contributed by atoms with Gasteiger partial charge in [0.15, 0.2) is 0 Å². The number of carbonyl (C=O) groups is 1. The van der Waals surface area contributed by atoms with Crippen LogP contribution in [0, 0.1) is 5.92 Å². The molecule has 3 nitrogen and oxygen atoms in total. The van der Waals surface area contributed by atoms with Gasteiger partial charge in [-0.05, 0) is 31.0 Å². The molecule has 0 spiro atoms. The van der Waals surface area contributed by atoms with E-state index in [0.29, 0.717) is 18.5 Å². The molecule has 2 heterocycles. The summed E-state index contributed by atoms with van der Waals surface area (Å²) in [6, 6.07) is 0.317. The summed E-state index contributed by atoms with van der Waals surface area (Å²) < 4.78 is 0. The first-order chi connectivity index (χ1) is 9.31. The van der Waals surface area contributed by atoms with Crippen molar-refractivity contribution in [3.63, 3.8) is 0 Å². The molecule has 0 aromatic heterocycles. The summed E-state index contributed by atoms with van der Waals surface area (Å²) in [7, 11) is 0. The third kappa shape index (κ3) is 2.27. The predicted molar refractivity (Wildman–Crippen MR) is 76.7 cm³/mol. The molecule has 0 aromatic rings. The number of carbonyl (C=O) groups excluding carboxylic acids is 1. The molecular weight excluding hydrogens is 236 g/mol. The van der Waals surface area contributed by atoms with Gasteiger partial charge >= 0.3 is 0 Å². The number of hydrogen-bond donors (Lipinski definition) is 1. The van der Waals surface area contributed by atoms with E-state index < -0.39 is 0 Å². The fraction of sp³-hybridized carbons (Fsp3) is 0.562. The number of hydrogen-bond acceptors (Lipinski definition) is 2. The number of nitrogens with one attached hydrogen (secondary N) is 1. The second kappa shape index (κ2) is 5.33. The lowest BCUT2D eigenvalue weighted by Crippen LogP contribution is -2.44. The Morgan fingerprint density at radius 3 is 3.21 bits per heavy atom. The minimum atomic E-state index is 0.240. The lowest BCUT2D eigenvalue weighted by atomic mass is 9.86. The Balaban J connectivity index is 1.74. The van der Waals surface area contributed by atoms with Crippen LogP contribution in [-0.4, -0.2) is 36.5 Å². The molecule has 2 atom stereocenters. The van der Waals surface area contributed by atoms with Crippen molar-refractivity contribution in [2.24, 2.45) is 5.92 Å². The zero-order valence-corrected chi connectivity index (χ0v) is 11.6. The van der Waals surface area contributed by atoms with Crippen LogP contribution in [0.3, 0.4) is 0 Å². The summed E-state index contributed by atoms with van der Waals surface area (Å²) in [5.41, 5.74) is 2.24. The van der Waals surface area contributed by atoms with E-state index in [2.05, 4.69) is 41.4 Å². The number of unbranched alkanes of at least 4 members (excludes halogenated alkanes) is 1. The minimum absolute atomic E-state index is 0.240. The van der Waals surface area contributed by atoms with Crippen LogP contribution in [0.1, 0.15) is 26.2 Å². The Hall–Kier alpha value is -1.35. The highest BCUT2D eigenvalue weighted by atomic mass is 16.2. The highest BCUT2D eigenvalue weighted by molar-refractivity contribution is 5.97. The molecule has 3 rings (SSSR count). The van der Waals surface area contributed by atoms with E-state index in [-0.39, 0.29) is 5.91 Å². The van der Waals surface area contributed by atoms with E-state index in [0.717, 1.165) is 25.1 Å². The maximum atomic E-state index is 12.5. The van der Waals surface area contributed by atoms with Crippen molar-refractivity contribution < 1.29 is 4.79 Å². The van der Waals surface area contributed by atoms with E-state index in [1.54, 1.807) is 0 Å². The minimum Gasteiger partial charge on any atom is -0.331 e. The molecule has 0 radical (unpaired) electrons. The standard InChI is InChI=1S/C16H22N2O/c1-2-3-8-17-11-14-10-13-6-4-5-12-7-9-18(15(12)13)16(14)19/h4-6,10,12,15,17H,2-3,7-9,11H2,1H3. The summed E-state index contributed by atoms with van der Waals surface area (Å²) in [4.78, 5) is 14.5. The van der Waals surface area contributed by atoms with Gasteiger partial charge in [-0.2, -0.15) is 0 Å². The summed E-state index contributed by atoms with van der Waals surface area (Å²) in [6.45, 7) is 4.78. The van der Waals surface area contributed by atoms with Crippen LogP contribution in [0.4, 0.5) is 0 Å². The summed E-state index contributed by atoms with van der Waals surface area (Å²) in [6.07, 6.45) is 12.1. The van der Waals surface area contributed by atoms with Gasteiger partial charge in [-0.25, -0.2) is 0 Å². The molecule has 0 aromatic carbocycles. The van der Waals surface area contributed by atoms with Crippen LogP contribution >= 0.6 is 0 Å². The highest BCUT2D eigenvalue weighted by Crippen LogP contribution is 2.37. The quantitative estimate of drug-likeness (QED) is 0.765. The molecule has 1 aliphatic carbocycles. The van der Waals surface area contributed by atoms with Gasteiger partial charge in [0.25, 0.3) is 5.91 Å². The molecule has 0 saturated carbocycles. The first-order valence-corrected chi connectivity index (χ1v) is 7.42. The average Bonchev–Trinajstić information content (AvgIpc) is 2.86. The molecule has 102 valence electrons. The number of rotatable bonds is 5. The van der Waals surface area contributed by atoms with Gasteiger partial charge in [0, 0.05) is 24.6 Å². The van der Waals surface area contributed by atoms with E-state index in [9.17, 15) is 4.79 Å². The van der Waals surface area contributed by atoms with Crippen molar-refractivity contribution in [1.82, 2.24) is 10.2 Å². The number of allylic oxidation sites excluding steroid dienone is 2. The largest absolute Gasteiger partial charge is 0.331 e. The van der Waals surface area contributed by atoms with Gasteiger partial charge in [-0.3, -0.25) is 4.79 Å². The van der Waals surface area contributed by atoms with Crippen molar-refractivity contribution in [1.29, 1.82) is 0 Å². The first-order valence-electron chi connectivity index (χ1n) is 7.42. The Labute approximate surface area is 115 Å². The van der Waals surface area contributed by atoms with Gasteiger partial charge in [0.2, 0.25) is 0 Å². The molecule has 2 aliphatic heterocycles.